The van der Waals surface area contributed by atoms with Gasteiger partial charge >= 0.3 is 11.8 Å². The van der Waals surface area contributed by atoms with Crippen LogP contribution in [-0.4, -0.2) is 59.7 Å². The Balaban J connectivity index is 1.41. The molecule has 2 aliphatic heterocycles. The first-order chi connectivity index (χ1) is 13.1. The van der Waals surface area contributed by atoms with Gasteiger partial charge in [0.2, 0.25) is 0 Å². The molecule has 3 heterocycles. The van der Waals surface area contributed by atoms with Crippen molar-refractivity contribution < 1.29 is 18.8 Å². The lowest BCUT2D eigenvalue weighted by molar-refractivity contribution is -0.145. The summed E-state index contributed by atoms with van der Waals surface area (Å²) in [5.41, 5.74) is 1.90. The number of benzene rings is 1. The molecule has 1 atom stereocenters. The molecule has 1 aromatic heterocycles. The lowest BCUT2D eigenvalue weighted by atomic mass is 10.1. The molecule has 4 rings (SSSR count). The van der Waals surface area contributed by atoms with Crippen LogP contribution >= 0.6 is 0 Å². The molecule has 0 saturated carbocycles. The van der Waals surface area contributed by atoms with Crippen molar-refractivity contribution in [2.24, 2.45) is 0 Å². The number of carbonyl (C=O) groups excluding carboxylic acids is 3. The monoisotopic (exact) mass is 367 g/mol. The summed E-state index contributed by atoms with van der Waals surface area (Å²) in [4.78, 5) is 42.7. The van der Waals surface area contributed by atoms with Crippen LogP contribution in [0.2, 0.25) is 0 Å². The van der Waals surface area contributed by atoms with Crippen molar-refractivity contribution in [1.29, 1.82) is 0 Å². The van der Waals surface area contributed by atoms with E-state index in [4.69, 9.17) is 4.42 Å². The molecule has 0 N–H and O–H groups in total. The van der Waals surface area contributed by atoms with Crippen molar-refractivity contribution in [1.82, 2.24) is 9.80 Å². The molecule has 2 aliphatic rings. The number of fused-ring (bicyclic) bond motifs is 1. The number of hydrogen-bond acceptors (Lipinski definition) is 4. The lowest BCUT2D eigenvalue weighted by Gasteiger charge is -2.35. The smallest absolute Gasteiger partial charge is 0.316 e. The van der Waals surface area contributed by atoms with E-state index >= 15 is 0 Å². The van der Waals surface area contributed by atoms with Gasteiger partial charge < -0.3 is 19.1 Å². The van der Waals surface area contributed by atoms with E-state index in [2.05, 4.69) is 0 Å². The van der Waals surface area contributed by atoms with E-state index in [-0.39, 0.29) is 17.7 Å². The molecule has 7 nitrogen and oxygen atoms in total. The summed E-state index contributed by atoms with van der Waals surface area (Å²) >= 11 is 0. The van der Waals surface area contributed by atoms with E-state index in [0.717, 1.165) is 17.7 Å². The minimum atomic E-state index is -0.511. The third-order valence-electron chi connectivity index (χ3n) is 5.20. The number of nitrogens with zero attached hydrogens (tertiary/aromatic N) is 3. The number of anilines is 1. The summed E-state index contributed by atoms with van der Waals surface area (Å²) in [5.74, 6) is -0.921. The number of furan rings is 1. The Morgan fingerprint density at radius 2 is 1.63 bits per heavy atom. The Bertz CT molecular complexity index is 869. The molecule has 0 radical (unpaired) electrons. The van der Waals surface area contributed by atoms with Crippen molar-refractivity contribution >= 4 is 23.4 Å². The fourth-order valence-corrected chi connectivity index (χ4v) is 3.78. The summed E-state index contributed by atoms with van der Waals surface area (Å²) in [5, 5.41) is 0. The third kappa shape index (κ3) is 3.09. The highest BCUT2D eigenvalue weighted by atomic mass is 16.3. The molecule has 27 heavy (non-hydrogen) atoms. The first kappa shape index (κ1) is 17.3. The molecule has 1 aromatic carbocycles. The first-order valence-electron chi connectivity index (χ1n) is 9.09. The van der Waals surface area contributed by atoms with Gasteiger partial charge in [-0.2, -0.15) is 0 Å². The van der Waals surface area contributed by atoms with Crippen LogP contribution in [0.4, 0.5) is 5.69 Å². The molecule has 2 aromatic rings. The topological polar surface area (TPSA) is 74.1 Å². The van der Waals surface area contributed by atoms with Crippen LogP contribution in [-0.2, 0) is 16.0 Å². The van der Waals surface area contributed by atoms with Crippen molar-refractivity contribution in [2.45, 2.75) is 19.4 Å². The van der Waals surface area contributed by atoms with Gasteiger partial charge in [-0.3, -0.25) is 14.4 Å². The van der Waals surface area contributed by atoms with Crippen LogP contribution < -0.4 is 4.90 Å². The molecule has 1 fully saturated rings. The summed E-state index contributed by atoms with van der Waals surface area (Å²) < 4.78 is 5.14. The van der Waals surface area contributed by atoms with Crippen LogP contribution in [0.25, 0.3) is 0 Å². The highest BCUT2D eigenvalue weighted by Gasteiger charge is 2.37. The Morgan fingerprint density at radius 3 is 2.33 bits per heavy atom. The van der Waals surface area contributed by atoms with Crippen molar-refractivity contribution in [2.75, 3.05) is 31.1 Å². The average molecular weight is 367 g/mol. The normalized spacial score (nSPS) is 19.1. The molecule has 0 bridgehead atoms. The molecule has 1 saturated heterocycles. The Labute approximate surface area is 157 Å². The number of rotatable bonds is 1. The predicted octanol–water partition coefficient (Wildman–Crippen LogP) is 1.54. The van der Waals surface area contributed by atoms with Crippen LogP contribution in [0.5, 0.6) is 0 Å². The molecule has 3 amide bonds. The highest BCUT2D eigenvalue weighted by molar-refractivity contribution is 6.40. The zero-order chi connectivity index (χ0) is 19.0. The van der Waals surface area contributed by atoms with Crippen LogP contribution in [0.1, 0.15) is 23.0 Å². The van der Waals surface area contributed by atoms with Gasteiger partial charge in [0.15, 0.2) is 5.76 Å². The number of amides is 3. The Morgan fingerprint density at radius 1 is 0.926 bits per heavy atom. The van der Waals surface area contributed by atoms with E-state index < -0.39 is 11.8 Å². The van der Waals surface area contributed by atoms with E-state index in [1.807, 2.05) is 31.2 Å². The minimum Gasteiger partial charge on any atom is -0.459 e. The van der Waals surface area contributed by atoms with Crippen molar-refractivity contribution in [3.8, 4) is 0 Å². The van der Waals surface area contributed by atoms with Gasteiger partial charge in [0.1, 0.15) is 0 Å². The molecular weight excluding hydrogens is 346 g/mol. The van der Waals surface area contributed by atoms with Gasteiger partial charge in [-0.05, 0) is 37.1 Å². The van der Waals surface area contributed by atoms with Crippen LogP contribution in [0.15, 0.2) is 47.1 Å². The lowest BCUT2D eigenvalue weighted by Crippen LogP contribution is -2.55. The van der Waals surface area contributed by atoms with Gasteiger partial charge in [0.25, 0.3) is 5.91 Å². The van der Waals surface area contributed by atoms with Crippen LogP contribution in [0.3, 0.4) is 0 Å². The molecular formula is C20H21N3O4. The van der Waals surface area contributed by atoms with Gasteiger partial charge in [-0.25, -0.2) is 0 Å². The average Bonchev–Trinajstić information content (AvgIpc) is 3.33. The second-order valence-electron chi connectivity index (χ2n) is 6.92. The fourth-order valence-electron chi connectivity index (χ4n) is 3.78. The maximum absolute atomic E-state index is 12.9. The van der Waals surface area contributed by atoms with E-state index in [9.17, 15) is 14.4 Å². The minimum absolute atomic E-state index is 0.0410. The maximum atomic E-state index is 12.9. The van der Waals surface area contributed by atoms with Crippen molar-refractivity contribution in [3.63, 3.8) is 0 Å². The predicted molar refractivity (Wildman–Crippen MR) is 98.3 cm³/mol. The zero-order valence-corrected chi connectivity index (χ0v) is 15.1. The number of piperazine rings is 1. The fraction of sp³-hybridized carbons (Fsp3) is 0.350. The Hall–Kier alpha value is -3.09. The quantitative estimate of drug-likeness (QED) is 0.717. The summed E-state index contributed by atoms with van der Waals surface area (Å²) in [6, 6.07) is 10.9. The van der Waals surface area contributed by atoms with Gasteiger partial charge in [-0.1, -0.05) is 18.2 Å². The Kier molecular flexibility index (Phi) is 4.43. The molecule has 7 heteroatoms. The molecule has 0 spiro atoms. The summed E-state index contributed by atoms with van der Waals surface area (Å²) in [6.45, 7) is 3.38. The standard InChI is InChI=1S/C20H21N3O4/c1-14-13-15-5-2-3-6-16(15)23(14)20(26)19(25)22-10-8-21(9-11-22)18(24)17-7-4-12-27-17/h2-7,12,14H,8-11,13H2,1H3. The van der Waals surface area contributed by atoms with E-state index in [1.165, 1.54) is 11.2 Å². The summed E-state index contributed by atoms with van der Waals surface area (Å²) in [6.07, 6.45) is 2.21. The van der Waals surface area contributed by atoms with E-state index in [1.54, 1.807) is 21.9 Å². The number of hydrogen-bond donors (Lipinski definition) is 0. The summed E-state index contributed by atoms with van der Waals surface area (Å²) in [7, 11) is 0. The number of para-hydroxylation sites is 1. The van der Waals surface area contributed by atoms with E-state index in [0.29, 0.717) is 26.2 Å². The highest BCUT2D eigenvalue weighted by Crippen LogP contribution is 2.32. The van der Waals surface area contributed by atoms with Gasteiger partial charge in [-0.15, -0.1) is 0 Å². The molecule has 140 valence electrons. The number of carbonyl (C=O) groups is 3. The third-order valence-corrected chi connectivity index (χ3v) is 5.20. The maximum Gasteiger partial charge on any atom is 0.316 e. The second kappa shape index (κ2) is 6.90. The van der Waals surface area contributed by atoms with Crippen molar-refractivity contribution in [3.05, 3.63) is 54.0 Å². The van der Waals surface area contributed by atoms with Gasteiger partial charge in [0, 0.05) is 37.9 Å². The second-order valence-corrected chi connectivity index (χ2v) is 6.92. The van der Waals surface area contributed by atoms with Crippen LogP contribution in [0, 0.1) is 0 Å². The first-order valence-corrected chi connectivity index (χ1v) is 9.09. The molecule has 0 aliphatic carbocycles. The SMILES string of the molecule is CC1Cc2ccccc2N1C(=O)C(=O)N1CCN(C(=O)c2ccco2)CC1. The largest absolute Gasteiger partial charge is 0.459 e. The van der Waals surface area contributed by atoms with Gasteiger partial charge in [0.05, 0.1) is 6.26 Å². The molecule has 1 unspecified atom stereocenters. The zero-order valence-electron chi connectivity index (χ0n) is 15.1.